The molecule has 1 heterocycles. The quantitative estimate of drug-likeness (QED) is 0.267. The number of aromatic nitrogens is 1. The summed E-state index contributed by atoms with van der Waals surface area (Å²) in [7, 11) is 1.31. The third-order valence-corrected chi connectivity index (χ3v) is 6.87. The maximum atomic E-state index is 14.9. The van der Waals surface area contributed by atoms with Crippen molar-refractivity contribution in [2.75, 3.05) is 7.11 Å². The molecule has 0 bridgehead atoms. The van der Waals surface area contributed by atoms with Gasteiger partial charge in [0.2, 0.25) is 5.91 Å². The van der Waals surface area contributed by atoms with Crippen LogP contribution in [0, 0.1) is 11.2 Å². The lowest BCUT2D eigenvalue weighted by molar-refractivity contribution is -0.133. The Morgan fingerprint density at radius 1 is 1.13 bits per heavy atom. The minimum Gasteiger partial charge on any atom is -0.494 e. The molecule has 1 aromatic heterocycles. The molecule has 1 aliphatic rings. The zero-order valence-electron chi connectivity index (χ0n) is 22.6. The van der Waals surface area contributed by atoms with Crippen LogP contribution in [0.25, 0.3) is 6.08 Å². The van der Waals surface area contributed by atoms with E-state index in [0.29, 0.717) is 35.2 Å². The number of ether oxygens (including phenoxy) is 1. The number of imide groups is 1. The first kappa shape index (κ1) is 29.2. The fourth-order valence-electron chi connectivity index (χ4n) is 4.72. The van der Waals surface area contributed by atoms with Crippen molar-refractivity contribution in [3.63, 3.8) is 0 Å². The first-order valence-corrected chi connectivity index (χ1v) is 12.3. The number of nitrogens with two attached hydrogens (primary N) is 1. The van der Waals surface area contributed by atoms with Crippen LogP contribution in [-0.4, -0.2) is 35.6 Å². The average Bonchev–Trinajstić information content (AvgIpc) is 2.87. The molecule has 0 radical (unpaired) electrons. The van der Waals surface area contributed by atoms with E-state index in [2.05, 4.69) is 23.5 Å². The van der Waals surface area contributed by atoms with Gasteiger partial charge in [0, 0.05) is 5.57 Å². The smallest absolute Gasteiger partial charge is 0.267 e. The van der Waals surface area contributed by atoms with Crippen molar-refractivity contribution in [2.45, 2.75) is 46.5 Å². The molecule has 1 aromatic carbocycles. The number of rotatable bonds is 10. The highest BCUT2D eigenvalue weighted by atomic mass is 19.1. The number of pyridine rings is 1. The van der Waals surface area contributed by atoms with Gasteiger partial charge < -0.3 is 10.5 Å². The summed E-state index contributed by atoms with van der Waals surface area (Å²) in [5, 5.41) is 2.41. The van der Waals surface area contributed by atoms with Crippen molar-refractivity contribution in [1.29, 1.82) is 0 Å². The number of Topliss-reactive ketones (excluding diaryl/α,β-unsaturated/α-hetero) is 1. The monoisotopic (exact) mass is 533 g/mol. The number of hydrogen-bond donors (Lipinski definition) is 2. The number of benzene rings is 1. The molecule has 2 aromatic rings. The molecule has 8 nitrogen and oxygen atoms in total. The molecular formula is C30H32FN3O5. The van der Waals surface area contributed by atoms with Crippen LogP contribution in [-0.2, 0) is 22.4 Å². The molecule has 0 spiro atoms. The number of hydrogen-bond acceptors (Lipinski definition) is 6. The molecule has 39 heavy (non-hydrogen) atoms. The number of halogens is 1. The number of carbonyl (C=O) groups is 4. The number of amides is 3. The molecule has 0 saturated heterocycles. The number of fused-ring (bicyclic) bond motifs is 1. The average molecular weight is 534 g/mol. The lowest BCUT2D eigenvalue weighted by Crippen LogP contribution is -2.44. The highest BCUT2D eigenvalue weighted by Crippen LogP contribution is 2.41. The van der Waals surface area contributed by atoms with Gasteiger partial charge in [-0.15, -0.1) is 0 Å². The van der Waals surface area contributed by atoms with Crippen LogP contribution in [0.15, 0.2) is 54.1 Å². The van der Waals surface area contributed by atoms with Gasteiger partial charge in [-0.25, -0.2) is 9.37 Å². The highest BCUT2D eigenvalue weighted by Gasteiger charge is 2.39. The second-order valence-corrected chi connectivity index (χ2v) is 9.95. The summed E-state index contributed by atoms with van der Waals surface area (Å²) in [6.07, 6.45) is 2.97. The van der Waals surface area contributed by atoms with E-state index in [0.717, 1.165) is 5.56 Å². The molecular weight excluding hydrogens is 501 g/mol. The number of carbonyl (C=O) groups excluding carboxylic acids is 4. The van der Waals surface area contributed by atoms with Crippen LogP contribution in [0.3, 0.4) is 0 Å². The number of methoxy groups -OCH3 is 1. The van der Waals surface area contributed by atoms with Gasteiger partial charge in [0.1, 0.15) is 5.69 Å². The van der Waals surface area contributed by atoms with E-state index in [1.54, 1.807) is 31.2 Å². The molecule has 1 unspecified atom stereocenters. The van der Waals surface area contributed by atoms with E-state index in [9.17, 15) is 23.6 Å². The van der Waals surface area contributed by atoms with E-state index in [1.807, 2.05) is 0 Å². The van der Waals surface area contributed by atoms with Crippen LogP contribution in [0.5, 0.6) is 5.75 Å². The van der Waals surface area contributed by atoms with Gasteiger partial charge in [-0.1, -0.05) is 36.4 Å². The first-order valence-electron chi connectivity index (χ1n) is 12.3. The second-order valence-electron chi connectivity index (χ2n) is 9.95. The van der Waals surface area contributed by atoms with Gasteiger partial charge >= 0.3 is 0 Å². The Balaban J connectivity index is 2.02. The predicted molar refractivity (Wildman–Crippen MR) is 146 cm³/mol. The van der Waals surface area contributed by atoms with Gasteiger partial charge in [0.05, 0.1) is 23.8 Å². The Hall–Kier alpha value is -4.40. The molecule has 9 heteroatoms. The molecule has 3 N–H and O–H groups in total. The number of primary amides is 1. The van der Waals surface area contributed by atoms with Gasteiger partial charge in [-0.3, -0.25) is 24.5 Å². The Labute approximate surface area is 226 Å². The molecule has 0 fully saturated rings. The molecule has 3 rings (SSSR count). The van der Waals surface area contributed by atoms with Gasteiger partial charge in [-0.05, 0) is 75.8 Å². The molecule has 204 valence electrons. The topological polar surface area (TPSA) is 128 Å². The number of allylic oxidation sites excluding steroid dienone is 1. The zero-order chi connectivity index (χ0) is 29.1. The van der Waals surface area contributed by atoms with E-state index < -0.39 is 34.7 Å². The Bertz CT molecular complexity index is 1440. The molecule has 1 atom stereocenters. The molecule has 0 saturated carbocycles. The second kappa shape index (κ2) is 11.6. The predicted octanol–water partition coefficient (Wildman–Crippen LogP) is 4.27. The summed E-state index contributed by atoms with van der Waals surface area (Å²) in [6, 6.07) is 6.36. The fourth-order valence-corrected chi connectivity index (χ4v) is 4.72. The van der Waals surface area contributed by atoms with Crippen molar-refractivity contribution in [1.82, 2.24) is 10.3 Å². The normalized spacial score (nSPS) is 13.8. The Kier molecular flexibility index (Phi) is 8.64. The number of aryl methyl sites for hydroxylation is 1. The van der Waals surface area contributed by atoms with Gasteiger partial charge in [0.25, 0.3) is 11.8 Å². The van der Waals surface area contributed by atoms with E-state index in [-0.39, 0.29) is 35.4 Å². The summed E-state index contributed by atoms with van der Waals surface area (Å²) in [6.45, 7) is 12.2. The minimum atomic E-state index is -1.26. The summed E-state index contributed by atoms with van der Waals surface area (Å²) in [4.78, 5) is 54.3. The van der Waals surface area contributed by atoms with Gasteiger partial charge in [-0.2, -0.15) is 0 Å². The first-order chi connectivity index (χ1) is 18.3. The van der Waals surface area contributed by atoms with Gasteiger partial charge in [0.15, 0.2) is 17.3 Å². The van der Waals surface area contributed by atoms with E-state index >= 15 is 0 Å². The number of ketones is 1. The zero-order valence-corrected chi connectivity index (χ0v) is 22.6. The SMILES string of the molecule is C=C(Cc1ccc(OC)c(F)c1C(C)=O)CC(C)(C(=O)NC(=O)C(=C)C)C1=Cc2nc(C(N)=O)ccc2CC1. The maximum Gasteiger partial charge on any atom is 0.267 e. The van der Waals surface area contributed by atoms with Crippen LogP contribution in [0.4, 0.5) is 4.39 Å². The van der Waals surface area contributed by atoms with E-state index in [1.165, 1.54) is 27.0 Å². The van der Waals surface area contributed by atoms with Crippen molar-refractivity contribution in [2.24, 2.45) is 11.1 Å². The third kappa shape index (κ3) is 6.19. The van der Waals surface area contributed by atoms with Crippen LogP contribution in [0.1, 0.15) is 71.3 Å². The van der Waals surface area contributed by atoms with Crippen molar-refractivity contribution >= 4 is 29.6 Å². The fraction of sp³-hybridized carbons (Fsp3) is 0.300. The maximum absolute atomic E-state index is 14.9. The summed E-state index contributed by atoms with van der Waals surface area (Å²) < 4.78 is 19.9. The summed E-state index contributed by atoms with van der Waals surface area (Å²) >= 11 is 0. The highest BCUT2D eigenvalue weighted by molar-refractivity contribution is 6.06. The molecule has 3 amide bonds. The largest absolute Gasteiger partial charge is 0.494 e. The molecule has 1 aliphatic carbocycles. The Morgan fingerprint density at radius 2 is 1.82 bits per heavy atom. The van der Waals surface area contributed by atoms with Crippen LogP contribution in [0.2, 0.25) is 0 Å². The number of nitrogens with one attached hydrogen (secondary N) is 1. The standard InChI is InChI=1S/C30H32FN3O5/c1-16(2)28(37)34-29(38)30(5,21-10-7-19-8-11-22(27(32)36)33-23(19)14-21)15-17(3)13-20-9-12-24(39-6)26(31)25(20)18(4)35/h8-9,11-12,14H,1,3,7,10,13,15H2,2,4-6H3,(H2,32,36)(H,34,37,38). The van der Waals surface area contributed by atoms with Crippen LogP contribution < -0.4 is 15.8 Å². The lowest BCUT2D eigenvalue weighted by atomic mass is 9.71. The number of nitrogens with zero attached hydrogens (tertiary/aromatic N) is 1. The van der Waals surface area contributed by atoms with E-state index in [4.69, 9.17) is 10.5 Å². The summed E-state index contributed by atoms with van der Waals surface area (Å²) in [5.74, 6) is -3.13. The van der Waals surface area contributed by atoms with Crippen molar-refractivity contribution < 1.29 is 28.3 Å². The lowest BCUT2D eigenvalue weighted by Gasteiger charge is -2.34. The van der Waals surface area contributed by atoms with Crippen LogP contribution >= 0.6 is 0 Å². The minimum absolute atomic E-state index is 0.0501. The molecule has 0 aliphatic heterocycles. The van der Waals surface area contributed by atoms with Crippen molar-refractivity contribution in [3.05, 3.63) is 88.0 Å². The van der Waals surface area contributed by atoms with Crippen molar-refractivity contribution in [3.8, 4) is 5.75 Å². The third-order valence-electron chi connectivity index (χ3n) is 6.87. The Morgan fingerprint density at radius 3 is 2.41 bits per heavy atom. The summed E-state index contributed by atoms with van der Waals surface area (Å²) in [5.41, 5.74) is 7.31.